The number of unbranched alkanes of at least 4 members (excludes halogenated alkanes) is 28. The Morgan fingerprint density at radius 1 is 0.309 bits per heavy atom. The zero-order chi connectivity index (χ0) is 47.6. The Morgan fingerprint density at radius 3 is 0.838 bits per heavy atom. The van der Waals surface area contributed by atoms with Crippen molar-refractivity contribution in [3.8, 4) is 22.3 Å². The van der Waals surface area contributed by atoms with E-state index in [0.29, 0.717) is 0 Å². The van der Waals surface area contributed by atoms with E-state index in [0.717, 1.165) is 47.8 Å². The van der Waals surface area contributed by atoms with Gasteiger partial charge in [-0.1, -0.05) is 245 Å². The number of fused-ring (bicyclic) bond motifs is 10. The number of aromatic nitrogens is 4. The molecule has 2 aromatic heterocycles. The van der Waals surface area contributed by atoms with Crippen LogP contribution < -0.4 is 0 Å². The monoisotopic (exact) mass is 927 g/mol. The Balaban J connectivity index is 1.33. The first-order chi connectivity index (χ1) is 33.5. The molecule has 0 N–H and O–H groups in total. The highest BCUT2D eigenvalue weighted by molar-refractivity contribution is 6.04. The topological polar surface area (TPSA) is 77.8 Å². The van der Waals surface area contributed by atoms with E-state index in [1.807, 2.05) is 0 Å². The molecule has 0 saturated heterocycles. The number of nitrogens with zero attached hydrogens (tertiary/aromatic N) is 4. The van der Waals surface area contributed by atoms with E-state index in [4.69, 9.17) is 19.6 Å². The largest absolute Gasteiger partial charge is 0.243 e. The smallest absolute Gasteiger partial charge is 0.143 e. The van der Waals surface area contributed by atoms with Crippen LogP contribution in [0, 0.1) is 13.8 Å². The van der Waals surface area contributed by atoms with Gasteiger partial charge in [-0.2, -0.15) is 0 Å². The van der Waals surface area contributed by atoms with Crippen LogP contribution in [0.25, 0.3) is 44.3 Å². The number of rotatable bonds is 36. The summed E-state index contributed by atoms with van der Waals surface area (Å²) in [7, 11) is 0. The van der Waals surface area contributed by atoms with Crippen molar-refractivity contribution in [3.05, 3.63) is 57.6 Å². The maximum Gasteiger partial charge on any atom is 0.143 e. The van der Waals surface area contributed by atoms with Crippen molar-refractivity contribution in [2.24, 2.45) is 0 Å². The lowest BCUT2D eigenvalue weighted by Gasteiger charge is -2.35. The Hall–Kier alpha value is -3.54. The van der Waals surface area contributed by atoms with Crippen LogP contribution in [-0.4, -0.2) is 20.6 Å². The first kappa shape index (κ1) is 52.3. The second-order valence-electron chi connectivity index (χ2n) is 22.2. The van der Waals surface area contributed by atoms with E-state index < -0.39 is 0 Å². The summed E-state index contributed by atoms with van der Waals surface area (Å²) in [6.07, 6.45) is 47.2. The summed E-state index contributed by atoms with van der Waals surface area (Å²) in [5, 5.41) is 18.7. The Labute approximate surface area is 413 Å². The molecule has 0 bridgehead atoms. The number of hydrogen-bond acceptors (Lipinski definition) is 6. The van der Waals surface area contributed by atoms with Crippen molar-refractivity contribution in [2.45, 2.75) is 284 Å². The highest BCUT2D eigenvalue weighted by atomic mass is 16.6. The third-order valence-electron chi connectivity index (χ3n) is 17.0. The van der Waals surface area contributed by atoms with E-state index in [1.54, 1.807) is 0 Å². The van der Waals surface area contributed by atoms with Crippen molar-refractivity contribution in [2.75, 3.05) is 0 Å². The van der Waals surface area contributed by atoms with Crippen LogP contribution in [0.5, 0.6) is 0 Å². The van der Waals surface area contributed by atoms with Crippen molar-refractivity contribution in [1.29, 1.82) is 0 Å². The molecular weight excluding hydrogens is 833 g/mol. The van der Waals surface area contributed by atoms with E-state index in [1.165, 1.54) is 261 Å². The van der Waals surface area contributed by atoms with Crippen LogP contribution in [0.2, 0.25) is 0 Å². The maximum absolute atomic E-state index is 5.69. The summed E-state index contributed by atoms with van der Waals surface area (Å²) in [5.74, 6) is 0. The maximum atomic E-state index is 5.69. The lowest BCUT2D eigenvalue weighted by Crippen LogP contribution is -2.27. The van der Waals surface area contributed by atoms with Crippen molar-refractivity contribution < 1.29 is 9.26 Å². The first-order valence-corrected chi connectivity index (χ1v) is 29.2. The van der Waals surface area contributed by atoms with Gasteiger partial charge in [0.1, 0.15) is 22.1 Å². The average Bonchev–Trinajstić information content (AvgIpc) is 4.14. The number of aryl methyl sites for hydroxylation is 2. The summed E-state index contributed by atoms with van der Waals surface area (Å²) in [6.45, 7) is 13.8. The van der Waals surface area contributed by atoms with E-state index in [2.05, 4.69) is 76.1 Å². The van der Waals surface area contributed by atoms with Crippen molar-refractivity contribution >= 4 is 22.1 Å². The van der Waals surface area contributed by atoms with Gasteiger partial charge in [0.15, 0.2) is 0 Å². The molecule has 0 amide bonds. The molecule has 0 radical (unpaired) electrons. The molecule has 2 heterocycles. The summed E-state index contributed by atoms with van der Waals surface area (Å²) in [6, 6.07) is 10.5. The molecule has 0 aliphatic heterocycles. The van der Waals surface area contributed by atoms with Crippen LogP contribution in [0.3, 0.4) is 0 Å². The van der Waals surface area contributed by atoms with E-state index in [9.17, 15) is 0 Å². The highest BCUT2D eigenvalue weighted by Crippen LogP contribution is 2.63. The molecule has 0 atom stereocenters. The molecule has 5 aromatic rings. The third kappa shape index (κ3) is 12.0. The molecule has 68 heavy (non-hydrogen) atoms. The summed E-state index contributed by atoms with van der Waals surface area (Å²) in [5.41, 5.74) is 17.3. The fraction of sp³-hybridized carbons (Fsp3) is 0.710. The second-order valence-corrected chi connectivity index (χ2v) is 22.2. The quantitative estimate of drug-likeness (QED) is 0.0372. The molecule has 0 saturated carbocycles. The minimum Gasteiger partial charge on any atom is -0.243 e. The molecule has 2 aliphatic rings. The van der Waals surface area contributed by atoms with Gasteiger partial charge in [0, 0.05) is 22.0 Å². The van der Waals surface area contributed by atoms with Gasteiger partial charge in [-0.05, 0) is 117 Å². The van der Waals surface area contributed by atoms with Crippen molar-refractivity contribution in [3.63, 3.8) is 0 Å². The molecule has 0 fully saturated rings. The van der Waals surface area contributed by atoms with Crippen LogP contribution in [0.4, 0.5) is 0 Å². The lowest BCUT2D eigenvalue weighted by atomic mass is 9.68. The molecule has 7 rings (SSSR count). The molecule has 2 aliphatic carbocycles. The van der Waals surface area contributed by atoms with Crippen LogP contribution >= 0.6 is 0 Å². The summed E-state index contributed by atoms with van der Waals surface area (Å²) in [4.78, 5) is 0. The van der Waals surface area contributed by atoms with Crippen LogP contribution in [-0.2, 0) is 10.8 Å². The van der Waals surface area contributed by atoms with E-state index >= 15 is 0 Å². The Kier molecular flexibility index (Phi) is 20.5. The normalized spacial score (nSPS) is 14.3. The van der Waals surface area contributed by atoms with Gasteiger partial charge in [-0.15, -0.1) is 0 Å². The number of benzene rings is 3. The Bertz CT molecular complexity index is 2080. The predicted molar refractivity (Wildman–Crippen MR) is 288 cm³/mol. The van der Waals surface area contributed by atoms with Gasteiger partial charge in [-0.3, -0.25) is 0 Å². The molecule has 374 valence electrons. The van der Waals surface area contributed by atoms with E-state index in [-0.39, 0.29) is 10.8 Å². The zero-order valence-corrected chi connectivity index (χ0v) is 44.4. The summed E-state index contributed by atoms with van der Waals surface area (Å²) < 4.78 is 11.4. The summed E-state index contributed by atoms with van der Waals surface area (Å²) >= 11 is 0. The molecule has 6 nitrogen and oxygen atoms in total. The van der Waals surface area contributed by atoms with Gasteiger partial charge in [-0.25, -0.2) is 9.26 Å². The minimum atomic E-state index is -0.102. The van der Waals surface area contributed by atoms with Gasteiger partial charge < -0.3 is 0 Å². The highest BCUT2D eigenvalue weighted by Gasteiger charge is 2.49. The fourth-order valence-electron chi connectivity index (χ4n) is 13.2. The molecule has 3 aromatic carbocycles. The number of hydrogen-bond donors (Lipinski definition) is 0. The zero-order valence-electron chi connectivity index (χ0n) is 44.4. The van der Waals surface area contributed by atoms with Gasteiger partial charge in [0.25, 0.3) is 0 Å². The van der Waals surface area contributed by atoms with Crippen LogP contribution in [0.1, 0.15) is 292 Å². The minimum absolute atomic E-state index is 0.102. The standard InChI is InChI=1S/C62H94N4O2/c1-7-11-15-19-23-27-31-35-39-61(40-36-32-28-24-20-16-12-8-2)51-45-50-52(46-49(51)55-53(61)43-47(5)57-59(55)65-67-63-57)62(41-37-33-29-25-21-17-13-9-3,42-38-34-30-26-22-18-14-10-4)54-44-48(6)58-60(56(50)54)66-68-64-58/h43-46H,7-42H2,1-6H3. The van der Waals surface area contributed by atoms with Gasteiger partial charge in [0.2, 0.25) is 0 Å². The SMILES string of the molecule is CCCCCCCCCCC1(CCCCCCCCCC)c2cc3c(cc2-c2c1cc(C)c1nonc21)C(CCCCCCCCCC)(CCCCCCCCCC)c1cc(C)c2nonc2c1-3. The molecule has 0 unspecified atom stereocenters. The average molecular weight is 927 g/mol. The Morgan fingerprint density at radius 2 is 0.559 bits per heavy atom. The van der Waals surface area contributed by atoms with Crippen LogP contribution in [0.15, 0.2) is 33.5 Å². The molecular formula is C62H94N4O2. The van der Waals surface area contributed by atoms with Gasteiger partial charge >= 0.3 is 0 Å². The second kappa shape index (κ2) is 26.6. The fourth-order valence-corrected chi connectivity index (χ4v) is 13.2. The van der Waals surface area contributed by atoms with Crippen molar-refractivity contribution in [1.82, 2.24) is 20.6 Å². The van der Waals surface area contributed by atoms with Gasteiger partial charge in [0.05, 0.1) is 0 Å². The first-order valence-electron chi connectivity index (χ1n) is 29.2. The molecule has 0 spiro atoms. The lowest BCUT2D eigenvalue weighted by molar-refractivity contribution is 0.315. The predicted octanol–water partition coefficient (Wildman–Crippen LogP) is 20.0. The molecule has 6 heteroatoms. The third-order valence-corrected chi connectivity index (χ3v) is 17.0.